The Balaban J connectivity index is 2.24. The Morgan fingerprint density at radius 2 is 2.25 bits per heavy atom. The number of carbonyl (C=O) groups is 1. The average Bonchev–Trinajstić information content (AvgIpc) is 2.21. The Hall–Kier alpha value is -0.610. The van der Waals surface area contributed by atoms with Crippen LogP contribution in [0.1, 0.15) is 27.2 Å². The first-order chi connectivity index (χ1) is 7.49. The third-order valence-corrected chi connectivity index (χ3v) is 3.13. The smallest absolute Gasteiger partial charge is 0.234 e. The number of hydrogen-bond acceptors (Lipinski definition) is 3. The van der Waals surface area contributed by atoms with E-state index in [1.54, 1.807) is 0 Å². The summed E-state index contributed by atoms with van der Waals surface area (Å²) in [6, 6.07) is 0.301. The highest BCUT2D eigenvalue weighted by Crippen LogP contribution is 2.14. The van der Waals surface area contributed by atoms with Gasteiger partial charge in [-0.25, -0.2) is 0 Å². The summed E-state index contributed by atoms with van der Waals surface area (Å²) in [6.07, 6.45) is 0.999. The summed E-state index contributed by atoms with van der Waals surface area (Å²) in [6.45, 7) is 9.52. The molecule has 0 aromatic carbocycles. The summed E-state index contributed by atoms with van der Waals surface area (Å²) >= 11 is 0. The van der Waals surface area contributed by atoms with Gasteiger partial charge in [0.1, 0.15) is 0 Å². The maximum Gasteiger partial charge on any atom is 0.234 e. The zero-order chi connectivity index (χ0) is 12.1. The van der Waals surface area contributed by atoms with E-state index < -0.39 is 0 Å². The number of nitrogens with one attached hydrogen (secondary N) is 1. The van der Waals surface area contributed by atoms with Gasteiger partial charge in [0.25, 0.3) is 0 Å². The van der Waals surface area contributed by atoms with Crippen LogP contribution in [-0.2, 0) is 4.79 Å². The first-order valence-corrected chi connectivity index (χ1v) is 6.23. The highest BCUT2D eigenvalue weighted by Gasteiger charge is 2.24. The number of nitrogens with two attached hydrogens (primary N) is 1. The van der Waals surface area contributed by atoms with Crippen LogP contribution in [0.25, 0.3) is 0 Å². The Labute approximate surface area is 98.6 Å². The van der Waals surface area contributed by atoms with Gasteiger partial charge in [-0.2, -0.15) is 0 Å². The highest BCUT2D eigenvalue weighted by molar-refractivity contribution is 5.78. The van der Waals surface area contributed by atoms with Gasteiger partial charge in [-0.15, -0.1) is 0 Å². The number of amides is 1. The minimum absolute atomic E-state index is 0.136. The molecule has 1 heterocycles. The number of nitrogens with zero attached hydrogens (tertiary/aromatic N) is 1. The average molecular weight is 227 g/mol. The summed E-state index contributed by atoms with van der Waals surface area (Å²) in [5, 5.41) is 2.94. The van der Waals surface area contributed by atoms with Crippen molar-refractivity contribution in [3.05, 3.63) is 0 Å². The molecule has 0 aromatic rings. The van der Waals surface area contributed by atoms with Crippen LogP contribution < -0.4 is 11.1 Å². The van der Waals surface area contributed by atoms with E-state index >= 15 is 0 Å². The van der Waals surface area contributed by atoms with Gasteiger partial charge < -0.3 is 11.1 Å². The predicted octanol–water partition coefficient (Wildman–Crippen LogP) is 0.428. The van der Waals surface area contributed by atoms with Crippen LogP contribution in [0, 0.1) is 11.8 Å². The molecule has 1 saturated heterocycles. The van der Waals surface area contributed by atoms with Gasteiger partial charge in [-0.3, -0.25) is 9.69 Å². The van der Waals surface area contributed by atoms with Crippen molar-refractivity contribution in [2.24, 2.45) is 17.6 Å². The third kappa shape index (κ3) is 4.49. The van der Waals surface area contributed by atoms with Gasteiger partial charge in [0, 0.05) is 25.7 Å². The van der Waals surface area contributed by atoms with Crippen molar-refractivity contribution < 1.29 is 4.79 Å². The topological polar surface area (TPSA) is 58.4 Å². The molecule has 16 heavy (non-hydrogen) atoms. The number of hydrogen-bond donors (Lipinski definition) is 2. The van der Waals surface area contributed by atoms with E-state index in [2.05, 4.69) is 31.0 Å². The van der Waals surface area contributed by atoms with E-state index in [0.29, 0.717) is 24.4 Å². The van der Waals surface area contributed by atoms with Gasteiger partial charge in [-0.1, -0.05) is 20.8 Å². The SMILES string of the molecule is CC(C)CNC(=O)CN1CCC(N)C(C)C1. The van der Waals surface area contributed by atoms with Crippen LogP contribution in [-0.4, -0.2) is 43.0 Å². The van der Waals surface area contributed by atoms with Crippen LogP contribution in [0.4, 0.5) is 0 Å². The Morgan fingerprint density at radius 1 is 1.56 bits per heavy atom. The maximum atomic E-state index is 11.6. The molecule has 1 aliphatic rings. The summed E-state index contributed by atoms with van der Waals surface area (Å²) in [5.41, 5.74) is 5.94. The molecule has 1 amide bonds. The zero-order valence-corrected chi connectivity index (χ0v) is 10.7. The summed E-state index contributed by atoms with van der Waals surface area (Å²) in [4.78, 5) is 13.8. The van der Waals surface area contributed by atoms with Crippen LogP contribution >= 0.6 is 0 Å². The first kappa shape index (κ1) is 13.5. The second-order valence-corrected chi connectivity index (χ2v) is 5.36. The molecular weight excluding hydrogens is 202 g/mol. The van der Waals surface area contributed by atoms with E-state index in [1.807, 2.05) is 0 Å². The minimum atomic E-state index is 0.136. The standard InChI is InChI=1S/C12H25N3O/c1-9(2)6-14-12(16)8-15-5-4-11(13)10(3)7-15/h9-11H,4-8,13H2,1-3H3,(H,14,16). The molecule has 0 aromatic heterocycles. The Morgan fingerprint density at radius 3 is 2.81 bits per heavy atom. The van der Waals surface area contributed by atoms with Crippen LogP contribution in [0.15, 0.2) is 0 Å². The van der Waals surface area contributed by atoms with Crippen molar-refractivity contribution in [2.75, 3.05) is 26.2 Å². The normalized spacial score (nSPS) is 27.1. The number of likely N-dealkylation sites (tertiary alicyclic amines) is 1. The largest absolute Gasteiger partial charge is 0.355 e. The highest BCUT2D eigenvalue weighted by atomic mass is 16.2. The molecule has 1 aliphatic heterocycles. The van der Waals surface area contributed by atoms with Crippen molar-refractivity contribution >= 4 is 5.91 Å². The Bertz CT molecular complexity index is 230. The van der Waals surface area contributed by atoms with Gasteiger partial charge in [0.05, 0.1) is 6.54 Å². The monoisotopic (exact) mass is 227 g/mol. The lowest BCUT2D eigenvalue weighted by Gasteiger charge is -2.34. The third-order valence-electron chi connectivity index (χ3n) is 3.13. The molecule has 0 aliphatic carbocycles. The summed E-state index contributed by atoms with van der Waals surface area (Å²) in [7, 11) is 0. The zero-order valence-electron chi connectivity index (χ0n) is 10.7. The van der Waals surface area contributed by atoms with E-state index in [9.17, 15) is 4.79 Å². The fraction of sp³-hybridized carbons (Fsp3) is 0.917. The van der Waals surface area contributed by atoms with Crippen molar-refractivity contribution in [3.8, 4) is 0 Å². The molecular formula is C12H25N3O. The summed E-state index contributed by atoms with van der Waals surface area (Å²) in [5.74, 6) is 1.14. The maximum absolute atomic E-state index is 11.6. The van der Waals surface area contributed by atoms with Crippen LogP contribution in [0.2, 0.25) is 0 Å². The molecule has 2 unspecified atom stereocenters. The van der Waals surface area contributed by atoms with Gasteiger partial charge in [0.15, 0.2) is 0 Å². The fourth-order valence-corrected chi connectivity index (χ4v) is 1.97. The Kier molecular flexibility index (Phi) is 5.22. The first-order valence-electron chi connectivity index (χ1n) is 6.23. The quantitative estimate of drug-likeness (QED) is 0.732. The van der Waals surface area contributed by atoms with Crippen molar-refractivity contribution in [1.29, 1.82) is 0 Å². The molecule has 1 rings (SSSR count). The number of rotatable bonds is 4. The second-order valence-electron chi connectivity index (χ2n) is 5.36. The molecule has 1 fully saturated rings. The lowest BCUT2D eigenvalue weighted by atomic mass is 9.95. The molecule has 0 bridgehead atoms. The van der Waals surface area contributed by atoms with E-state index in [0.717, 1.165) is 26.1 Å². The van der Waals surface area contributed by atoms with Gasteiger partial charge >= 0.3 is 0 Å². The lowest BCUT2D eigenvalue weighted by Crippen LogP contribution is -2.49. The van der Waals surface area contributed by atoms with Crippen LogP contribution in [0.5, 0.6) is 0 Å². The van der Waals surface area contributed by atoms with E-state index in [-0.39, 0.29) is 5.91 Å². The molecule has 94 valence electrons. The molecule has 0 radical (unpaired) electrons. The second kappa shape index (κ2) is 6.21. The lowest BCUT2D eigenvalue weighted by molar-refractivity contribution is -0.122. The van der Waals surface area contributed by atoms with Crippen molar-refractivity contribution in [2.45, 2.75) is 33.2 Å². The molecule has 4 heteroatoms. The van der Waals surface area contributed by atoms with Crippen molar-refractivity contribution in [1.82, 2.24) is 10.2 Å². The van der Waals surface area contributed by atoms with Crippen molar-refractivity contribution in [3.63, 3.8) is 0 Å². The molecule has 2 atom stereocenters. The molecule has 3 N–H and O–H groups in total. The van der Waals surface area contributed by atoms with E-state index in [1.165, 1.54) is 0 Å². The number of piperidine rings is 1. The molecule has 4 nitrogen and oxygen atoms in total. The summed E-state index contributed by atoms with van der Waals surface area (Å²) < 4.78 is 0. The predicted molar refractivity (Wildman–Crippen MR) is 66.0 cm³/mol. The van der Waals surface area contributed by atoms with Gasteiger partial charge in [-0.05, 0) is 18.3 Å². The van der Waals surface area contributed by atoms with Gasteiger partial charge in [0.2, 0.25) is 5.91 Å². The van der Waals surface area contributed by atoms with Crippen LogP contribution in [0.3, 0.4) is 0 Å². The fourth-order valence-electron chi connectivity index (χ4n) is 1.97. The molecule has 0 spiro atoms. The molecule has 0 saturated carbocycles. The van der Waals surface area contributed by atoms with E-state index in [4.69, 9.17) is 5.73 Å². The number of carbonyl (C=O) groups excluding carboxylic acids is 1. The minimum Gasteiger partial charge on any atom is -0.355 e.